The number of nitrogens with one attached hydrogen (secondary N) is 2. The van der Waals surface area contributed by atoms with E-state index in [9.17, 15) is 9.18 Å². The minimum Gasteiger partial charge on any atom is -0.358 e. The van der Waals surface area contributed by atoms with Gasteiger partial charge in [0.15, 0.2) is 0 Å². The zero-order valence-corrected chi connectivity index (χ0v) is 14.4. The van der Waals surface area contributed by atoms with E-state index in [4.69, 9.17) is 23.2 Å². The summed E-state index contributed by atoms with van der Waals surface area (Å²) < 4.78 is 13.5. The van der Waals surface area contributed by atoms with Crippen LogP contribution in [-0.4, -0.2) is 17.4 Å². The summed E-state index contributed by atoms with van der Waals surface area (Å²) in [6.07, 6.45) is 0.590. The van der Waals surface area contributed by atoms with E-state index in [1.807, 2.05) is 6.92 Å². The molecule has 1 aromatic heterocycles. The lowest BCUT2D eigenvalue weighted by Crippen LogP contribution is -2.26. The molecule has 0 radical (unpaired) electrons. The Morgan fingerprint density at radius 2 is 2.00 bits per heavy atom. The second-order valence-electron chi connectivity index (χ2n) is 5.55. The fraction of sp³-hybridized carbons (Fsp3) is 0.167. The number of aromatic nitrogens is 1. The Hall–Kier alpha value is -2.04. The number of carbonyl (C=O) groups excluding carboxylic acids is 1. The number of carbonyl (C=O) groups is 1. The lowest BCUT2D eigenvalue weighted by molar-refractivity contribution is 0.0954. The SMILES string of the molecule is Cc1[nH]c2ccc(F)cc2c1CCNC(=O)c1ccc(Cl)cc1Cl. The molecule has 1 amide bonds. The molecule has 0 atom stereocenters. The molecule has 6 heteroatoms. The molecule has 0 saturated carbocycles. The molecule has 2 aromatic carbocycles. The van der Waals surface area contributed by atoms with Crippen molar-refractivity contribution in [1.82, 2.24) is 10.3 Å². The van der Waals surface area contributed by atoms with Crippen molar-refractivity contribution < 1.29 is 9.18 Å². The van der Waals surface area contributed by atoms with Crippen molar-refractivity contribution in [2.45, 2.75) is 13.3 Å². The van der Waals surface area contributed by atoms with Crippen molar-refractivity contribution in [2.24, 2.45) is 0 Å². The Balaban J connectivity index is 1.71. The number of hydrogen-bond acceptors (Lipinski definition) is 1. The third kappa shape index (κ3) is 3.40. The Kier molecular flexibility index (Phi) is 4.78. The maximum absolute atomic E-state index is 13.5. The summed E-state index contributed by atoms with van der Waals surface area (Å²) >= 11 is 11.9. The summed E-state index contributed by atoms with van der Waals surface area (Å²) in [6.45, 7) is 2.35. The van der Waals surface area contributed by atoms with E-state index in [0.29, 0.717) is 28.6 Å². The number of fused-ring (bicyclic) bond motifs is 1. The van der Waals surface area contributed by atoms with E-state index in [1.165, 1.54) is 18.2 Å². The van der Waals surface area contributed by atoms with Crippen LogP contribution in [0.3, 0.4) is 0 Å². The molecule has 0 spiro atoms. The summed E-state index contributed by atoms with van der Waals surface area (Å²) in [7, 11) is 0. The normalized spacial score (nSPS) is 11.0. The van der Waals surface area contributed by atoms with Crippen LogP contribution in [0.1, 0.15) is 21.6 Å². The Labute approximate surface area is 148 Å². The molecule has 0 fully saturated rings. The van der Waals surface area contributed by atoms with Crippen LogP contribution >= 0.6 is 23.2 Å². The van der Waals surface area contributed by atoms with Crippen LogP contribution in [0.15, 0.2) is 36.4 Å². The molecule has 1 heterocycles. The van der Waals surface area contributed by atoms with Crippen LogP contribution in [0, 0.1) is 12.7 Å². The number of H-pyrrole nitrogens is 1. The van der Waals surface area contributed by atoms with Crippen molar-refractivity contribution in [3.63, 3.8) is 0 Å². The van der Waals surface area contributed by atoms with Crippen molar-refractivity contribution >= 4 is 40.0 Å². The van der Waals surface area contributed by atoms with Crippen LogP contribution in [-0.2, 0) is 6.42 Å². The number of amides is 1. The van der Waals surface area contributed by atoms with E-state index in [0.717, 1.165) is 22.2 Å². The molecular formula is C18H15Cl2FN2O. The van der Waals surface area contributed by atoms with Gasteiger partial charge in [-0.25, -0.2) is 4.39 Å². The van der Waals surface area contributed by atoms with Gasteiger partial charge in [-0.3, -0.25) is 4.79 Å². The van der Waals surface area contributed by atoms with Crippen LogP contribution in [0.2, 0.25) is 10.0 Å². The summed E-state index contributed by atoms with van der Waals surface area (Å²) in [4.78, 5) is 15.4. The van der Waals surface area contributed by atoms with Crippen molar-refractivity contribution in [3.8, 4) is 0 Å². The molecule has 0 aliphatic rings. The third-order valence-corrected chi connectivity index (χ3v) is 4.47. The van der Waals surface area contributed by atoms with E-state index >= 15 is 0 Å². The third-order valence-electron chi connectivity index (χ3n) is 3.92. The zero-order valence-electron chi connectivity index (χ0n) is 12.9. The predicted octanol–water partition coefficient (Wildman–Crippen LogP) is 4.89. The molecule has 0 unspecified atom stereocenters. The number of benzene rings is 2. The van der Waals surface area contributed by atoms with Crippen LogP contribution < -0.4 is 5.32 Å². The highest BCUT2D eigenvalue weighted by Gasteiger charge is 2.12. The average Bonchev–Trinajstić information content (AvgIpc) is 2.82. The molecule has 3 rings (SSSR count). The standard InChI is InChI=1S/C18H15Cl2FN2O/c1-10-13(15-9-12(21)3-5-17(15)23-10)6-7-22-18(24)14-4-2-11(19)8-16(14)20/h2-5,8-9,23H,6-7H2,1H3,(H,22,24). The highest BCUT2D eigenvalue weighted by molar-refractivity contribution is 6.36. The minimum absolute atomic E-state index is 0.264. The van der Waals surface area contributed by atoms with Gasteiger partial charge in [0.05, 0.1) is 10.6 Å². The molecule has 0 aliphatic heterocycles. The van der Waals surface area contributed by atoms with Gasteiger partial charge in [0.1, 0.15) is 5.82 Å². The second kappa shape index (κ2) is 6.83. The number of halogens is 3. The van der Waals surface area contributed by atoms with Gasteiger partial charge >= 0.3 is 0 Å². The van der Waals surface area contributed by atoms with Gasteiger partial charge < -0.3 is 10.3 Å². The average molecular weight is 365 g/mol. The van der Waals surface area contributed by atoms with Crippen LogP contribution in [0.25, 0.3) is 10.9 Å². The number of hydrogen-bond donors (Lipinski definition) is 2. The maximum Gasteiger partial charge on any atom is 0.252 e. The predicted molar refractivity (Wildman–Crippen MR) is 95.5 cm³/mol. The van der Waals surface area contributed by atoms with E-state index in [1.54, 1.807) is 18.2 Å². The monoisotopic (exact) mass is 364 g/mol. The van der Waals surface area contributed by atoms with Gasteiger partial charge in [0.2, 0.25) is 0 Å². The van der Waals surface area contributed by atoms with Crippen LogP contribution in [0.5, 0.6) is 0 Å². The lowest BCUT2D eigenvalue weighted by atomic mass is 10.1. The van der Waals surface area contributed by atoms with E-state index in [-0.39, 0.29) is 11.7 Å². The van der Waals surface area contributed by atoms with Gasteiger partial charge in [-0.05, 0) is 55.3 Å². The molecule has 3 nitrogen and oxygen atoms in total. The van der Waals surface area contributed by atoms with Gasteiger partial charge in [-0.15, -0.1) is 0 Å². The quantitative estimate of drug-likeness (QED) is 0.679. The second-order valence-corrected chi connectivity index (χ2v) is 6.39. The number of aromatic amines is 1. The Morgan fingerprint density at radius 3 is 2.75 bits per heavy atom. The summed E-state index contributed by atoms with van der Waals surface area (Å²) in [5.41, 5.74) is 3.22. The summed E-state index contributed by atoms with van der Waals surface area (Å²) in [5, 5.41) is 4.46. The topological polar surface area (TPSA) is 44.9 Å². The Bertz CT molecular complexity index is 921. The molecule has 124 valence electrons. The molecule has 24 heavy (non-hydrogen) atoms. The van der Waals surface area contributed by atoms with Crippen molar-refractivity contribution in [1.29, 1.82) is 0 Å². The highest BCUT2D eigenvalue weighted by Crippen LogP contribution is 2.24. The maximum atomic E-state index is 13.5. The molecule has 2 N–H and O–H groups in total. The summed E-state index contributed by atoms with van der Waals surface area (Å²) in [5.74, 6) is -0.542. The lowest BCUT2D eigenvalue weighted by Gasteiger charge is -2.07. The largest absolute Gasteiger partial charge is 0.358 e. The van der Waals surface area contributed by atoms with Crippen LogP contribution in [0.4, 0.5) is 4.39 Å². The highest BCUT2D eigenvalue weighted by atomic mass is 35.5. The minimum atomic E-state index is -0.278. The van der Waals surface area contributed by atoms with Gasteiger partial charge in [-0.2, -0.15) is 0 Å². The molecule has 0 bridgehead atoms. The fourth-order valence-corrected chi connectivity index (χ4v) is 3.24. The number of rotatable bonds is 4. The number of aryl methyl sites for hydroxylation is 1. The van der Waals surface area contributed by atoms with Crippen molar-refractivity contribution in [2.75, 3.05) is 6.54 Å². The molecule has 0 saturated heterocycles. The smallest absolute Gasteiger partial charge is 0.252 e. The van der Waals surface area contributed by atoms with Gasteiger partial charge in [0, 0.05) is 28.2 Å². The summed E-state index contributed by atoms with van der Waals surface area (Å²) in [6, 6.07) is 9.39. The fourth-order valence-electron chi connectivity index (χ4n) is 2.75. The first-order valence-electron chi connectivity index (χ1n) is 7.45. The molecular weight excluding hydrogens is 350 g/mol. The Morgan fingerprint density at radius 1 is 1.21 bits per heavy atom. The van der Waals surface area contributed by atoms with Gasteiger partial charge in [0.25, 0.3) is 5.91 Å². The first kappa shape index (κ1) is 16.8. The zero-order chi connectivity index (χ0) is 17.3. The first-order valence-corrected chi connectivity index (χ1v) is 8.21. The molecule has 0 aliphatic carbocycles. The van der Waals surface area contributed by atoms with Gasteiger partial charge in [-0.1, -0.05) is 23.2 Å². The molecule has 3 aromatic rings. The first-order chi connectivity index (χ1) is 11.5. The van der Waals surface area contributed by atoms with Crippen molar-refractivity contribution in [3.05, 3.63) is 69.1 Å². The van der Waals surface area contributed by atoms with E-state index in [2.05, 4.69) is 10.3 Å². The van der Waals surface area contributed by atoms with E-state index < -0.39 is 0 Å².